The van der Waals surface area contributed by atoms with Crippen molar-refractivity contribution in [2.45, 2.75) is 84.0 Å². The summed E-state index contributed by atoms with van der Waals surface area (Å²) >= 11 is 0. The molecule has 0 aliphatic rings. The molecule has 0 radical (unpaired) electrons. The molecule has 3 nitrogen and oxygen atoms in total. The Labute approximate surface area is 158 Å². The third-order valence-electron chi connectivity index (χ3n) is 3.44. The van der Waals surface area contributed by atoms with E-state index in [9.17, 15) is 9.90 Å². The molecule has 0 aromatic carbocycles. The Hall–Kier alpha value is -0.250. The number of hydrogen-bond acceptors (Lipinski definition) is 2. The third-order valence-corrected chi connectivity index (χ3v) is 3.44. The zero-order chi connectivity index (χ0) is 15.8. The smallest absolute Gasteiger partial charge is 0.876 e. The van der Waals surface area contributed by atoms with Gasteiger partial charge in [0.25, 0.3) is 0 Å². The van der Waals surface area contributed by atoms with Gasteiger partial charge in [-0.25, -0.2) is 0 Å². The number of rotatable bonds is 14. The van der Waals surface area contributed by atoms with Gasteiger partial charge < -0.3 is 10.2 Å². The summed E-state index contributed by atoms with van der Waals surface area (Å²) in [6, 6.07) is 0. The van der Waals surface area contributed by atoms with Crippen molar-refractivity contribution in [2.75, 3.05) is 0 Å². The molecule has 122 valence electrons. The van der Waals surface area contributed by atoms with Crippen LogP contribution in [0.2, 0.25) is 0 Å². The standard InChI is InChI=1S/C18H32O3.Na/c1-2-3-11-14-17(19)15-12-9-7-5-4-6-8-10-13-16-18(20)21;/h7,9,15,19H,2-6,8,10-14,16H2,1H3,(H,20,21);/q;+1/p-1/b9-7-,17-15+;. The minimum atomic E-state index is -0.696. The van der Waals surface area contributed by atoms with Crippen molar-refractivity contribution in [1.82, 2.24) is 0 Å². The van der Waals surface area contributed by atoms with E-state index in [0.29, 0.717) is 12.8 Å². The predicted molar refractivity (Wildman–Crippen MR) is 85.9 cm³/mol. The number of carbonyl (C=O) groups is 1. The Morgan fingerprint density at radius 1 is 0.955 bits per heavy atom. The Morgan fingerprint density at radius 2 is 1.59 bits per heavy atom. The summed E-state index contributed by atoms with van der Waals surface area (Å²) in [5.74, 6) is -0.426. The number of allylic oxidation sites excluding steroid dienone is 4. The maximum atomic E-state index is 11.5. The molecule has 0 heterocycles. The molecule has 22 heavy (non-hydrogen) atoms. The van der Waals surface area contributed by atoms with Gasteiger partial charge in [-0.2, -0.15) is 0 Å². The number of carboxylic acids is 1. The van der Waals surface area contributed by atoms with Crippen LogP contribution in [0.15, 0.2) is 24.0 Å². The third kappa shape index (κ3) is 19.8. The molecular weight excluding hydrogens is 287 g/mol. The van der Waals surface area contributed by atoms with E-state index in [1.54, 1.807) is 6.08 Å². The Bertz CT molecular complexity index is 311. The zero-order valence-electron chi connectivity index (χ0n) is 14.5. The molecule has 0 aliphatic carbocycles. The first-order chi connectivity index (χ1) is 10.2. The van der Waals surface area contributed by atoms with E-state index < -0.39 is 5.97 Å². The largest absolute Gasteiger partial charge is 1.00 e. The summed E-state index contributed by atoms with van der Waals surface area (Å²) < 4.78 is 0. The van der Waals surface area contributed by atoms with Crippen LogP contribution in [-0.2, 0) is 4.79 Å². The molecule has 0 amide bonds. The van der Waals surface area contributed by atoms with Crippen LogP contribution < -0.4 is 34.7 Å². The molecule has 0 bridgehead atoms. The molecule has 0 saturated carbocycles. The molecule has 4 heteroatoms. The molecule has 0 aromatic rings. The summed E-state index contributed by atoms with van der Waals surface area (Å²) in [7, 11) is 0. The molecule has 0 saturated heterocycles. The second-order valence-electron chi connectivity index (χ2n) is 5.53. The maximum absolute atomic E-state index is 11.5. The first-order valence-electron chi connectivity index (χ1n) is 8.39. The first kappa shape index (κ1) is 24.0. The van der Waals surface area contributed by atoms with Gasteiger partial charge in [0, 0.05) is 6.42 Å². The van der Waals surface area contributed by atoms with Crippen LogP contribution in [0.1, 0.15) is 84.0 Å². The van der Waals surface area contributed by atoms with Gasteiger partial charge in [0.1, 0.15) is 0 Å². The van der Waals surface area contributed by atoms with Gasteiger partial charge in [-0.05, 0) is 32.1 Å². The molecule has 0 rings (SSSR count). The van der Waals surface area contributed by atoms with Crippen molar-refractivity contribution in [1.29, 1.82) is 0 Å². The Kier molecular flexibility index (Phi) is 20.5. The van der Waals surface area contributed by atoms with Gasteiger partial charge >= 0.3 is 35.5 Å². The molecular formula is C18H31NaO3. The van der Waals surface area contributed by atoms with Crippen molar-refractivity contribution >= 4 is 5.97 Å². The van der Waals surface area contributed by atoms with Gasteiger partial charge in [-0.15, -0.1) is 5.76 Å². The van der Waals surface area contributed by atoms with Crippen LogP contribution in [0.5, 0.6) is 0 Å². The van der Waals surface area contributed by atoms with Crippen molar-refractivity contribution < 1.29 is 44.6 Å². The SMILES string of the molecule is CCCCC/C([O-])=C\C/C=C\CCCCCCCC(=O)O.[Na+]. The van der Waals surface area contributed by atoms with Crippen LogP contribution in [0, 0.1) is 0 Å². The summed E-state index contributed by atoms with van der Waals surface area (Å²) in [6.07, 6.45) is 17.3. The second kappa shape index (κ2) is 18.8. The van der Waals surface area contributed by atoms with Crippen molar-refractivity contribution in [3.8, 4) is 0 Å². The molecule has 0 aliphatic heterocycles. The van der Waals surface area contributed by atoms with E-state index in [-0.39, 0.29) is 35.3 Å². The van der Waals surface area contributed by atoms with Crippen LogP contribution in [0.4, 0.5) is 0 Å². The summed E-state index contributed by atoms with van der Waals surface area (Å²) in [4.78, 5) is 10.3. The Balaban J connectivity index is 0. The number of carboxylic acid groups (broad SMARTS) is 1. The Morgan fingerprint density at radius 3 is 2.27 bits per heavy atom. The van der Waals surface area contributed by atoms with Gasteiger partial charge in [-0.1, -0.05) is 63.7 Å². The molecule has 0 fully saturated rings. The minimum absolute atomic E-state index is 0. The van der Waals surface area contributed by atoms with Crippen LogP contribution >= 0.6 is 0 Å². The summed E-state index contributed by atoms with van der Waals surface area (Å²) in [5.41, 5.74) is 0. The van der Waals surface area contributed by atoms with Gasteiger partial charge in [0.05, 0.1) is 0 Å². The summed E-state index contributed by atoms with van der Waals surface area (Å²) in [5, 5.41) is 20.0. The van der Waals surface area contributed by atoms with E-state index in [0.717, 1.165) is 64.2 Å². The van der Waals surface area contributed by atoms with Gasteiger partial charge in [0.2, 0.25) is 0 Å². The number of unbranched alkanes of at least 4 members (excludes halogenated alkanes) is 7. The average Bonchev–Trinajstić information content (AvgIpc) is 2.44. The first-order valence-corrected chi connectivity index (χ1v) is 8.39. The van der Waals surface area contributed by atoms with Gasteiger partial charge in [0.15, 0.2) is 0 Å². The van der Waals surface area contributed by atoms with E-state index in [2.05, 4.69) is 19.1 Å². The van der Waals surface area contributed by atoms with E-state index >= 15 is 0 Å². The average molecular weight is 318 g/mol. The minimum Gasteiger partial charge on any atom is -0.876 e. The number of hydrogen-bond donors (Lipinski definition) is 1. The quantitative estimate of drug-likeness (QED) is 0.229. The molecule has 0 aromatic heterocycles. The summed E-state index contributed by atoms with van der Waals surface area (Å²) in [6.45, 7) is 2.14. The van der Waals surface area contributed by atoms with E-state index in [4.69, 9.17) is 5.11 Å². The zero-order valence-corrected chi connectivity index (χ0v) is 16.5. The normalized spacial score (nSPS) is 11.6. The topological polar surface area (TPSA) is 60.4 Å². The molecule has 0 unspecified atom stereocenters. The van der Waals surface area contributed by atoms with Crippen LogP contribution in [0.3, 0.4) is 0 Å². The van der Waals surface area contributed by atoms with Crippen molar-refractivity contribution in [3.05, 3.63) is 24.0 Å². The van der Waals surface area contributed by atoms with Gasteiger partial charge in [-0.3, -0.25) is 4.79 Å². The fourth-order valence-corrected chi connectivity index (χ4v) is 2.13. The van der Waals surface area contributed by atoms with Crippen molar-refractivity contribution in [2.24, 2.45) is 0 Å². The molecule has 0 spiro atoms. The maximum Gasteiger partial charge on any atom is 1.00 e. The van der Waals surface area contributed by atoms with E-state index in [1.165, 1.54) is 0 Å². The number of aliphatic carboxylic acids is 1. The van der Waals surface area contributed by atoms with E-state index in [1.807, 2.05) is 0 Å². The predicted octanol–water partition coefficient (Wildman–Crippen LogP) is 1.58. The fraction of sp³-hybridized carbons (Fsp3) is 0.722. The van der Waals surface area contributed by atoms with Crippen molar-refractivity contribution in [3.63, 3.8) is 0 Å². The monoisotopic (exact) mass is 318 g/mol. The molecule has 1 N–H and O–H groups in total. The fourth-order valence-electron chi connectivity index (χ4n) is 2.13. The molecule has 0 atom stereocenters. The van der Waals surface area contributed by atoms with Crippen LogP contribution in [-0.4, -0.2) is 11.1 Å². The van der Waals surface area contributed by atoms with Crippen LogP contribution in [0.25, 0.3) is 0 Å². The second-order valence-corrected chi connectivity index (χ2v) is 5.53.